The van der Waals surface area contributed by atoms with Gasteiger partial charge in [-0.3, -0.25) is 0 Å². The molecule has 0 aromatic carbocycles. The molecule has 2 heterocycles. The Balaban J connectivity index is 2.30. The van der Waals surface area contributed by atoms with Crippen molar-refractivity contribution in [1.29, 1.82) is 0 Å². The molecule has 6 heteroatoms. The van der Waals surface area contributed by atoms with Crippen LogP contribution >= 0.6 is 11.6 Å². The van der Waals surface area contributed by atoms with Gasteiger partial charge in [-0.1, -0.05) is 11.6 Å². The molecule has 1 N–H and O–H groups in total. The van der Waals surface area contributed by atoms with Gasteiger partial charge in [-0.25, -0.2) is 4.98 Å². The zero-order valence-corrected chi connectivity index (χ0v) is 11.0. The fourth-order valence-corrected chi connectivity index (χ4v) is 2.08. The molecule has 0 bridgehead atoms. The molecule has 0 saturated carbocycles. The lowest BCUT2D eigenvalue weighted by atomic mass is 10.2. The summed E-state index contributed by atoms with van der Waals surface area (Å²) in [5.41, 5.74) is 0. The SMILES string of the molecule is CNc1ncc(Cl)c(N2CC(C)OCC2C)n1. The Kier molecular flexibility index (Phi) is 3.69. The summed E-state index contributed by atoms with van der Waals surface area (Å²) in [7, 11) is 1.79. The van der Waals surface area contributed by atoms with Gasteiger partial charge in [0.2, 0.25) is 5.95 Å². The Morgan fingerprint density at radius 3 is 3.00 bits per heavy atom. The minimum atomic E-state index is 0.190. The lowest BCUT2D eigenvalue weighted by molar-refractivity contribution is 0.0340. The molecule has 5 nitrogen and oxygen atoms in total. The van der Waals surface area contributed by atoms with Crippen LogP contribution in [0.3, 0.4) is 0 Å². The average Bonchev–Trinajstić information content (AvgIpc) is 2.33. The van der Waals surface area contributed by atoms with E-state index < -0.39 is 0 Å². The molecule has 2 atom stereocenters. The van der Waals surface area contributed by atoms with Gasteiger partial charge in [0, 0.05) is 13.6 Å². The highest BCUT2D eigenvalue weighted by Crippen LogP contribution is 2.27. The Morgan fingerprint density at radius 2 is 2.29 bits per heavy atom. The number of nitrogens with zero attached hydrogens (tertiary/aromatic N) is 3. The van der Waals surface area contributed by atoms with Crippen molar-refractivity contribution in [2.24, 2.45) is 0 Å². The number of hydrogen-bond acceptors (Lipinski definition) is 5. The van der Waals surface area contributed by atoms with Crippen LogP contribution in [0.15, 0.2) is 6.20 Å². The van der Waals surface area contributed by atoms with E-state index in [4.69, 9.17) is 16.3 Å². The van der Waals surface area contributed by atoms with Gasteiger partial charge >= 0.3 is 0 Å². The second kappa shape index (κ2) is 5.06. The summed E-state index contributed by atoms with van der Waals surface area (Å²) in [6.45, 7) is 5.63. The summed E-state index contributed by atoms with van der Waals surface area (Å²) in [4.78, 5) is 10.7. The summed E-state index contributed by atoms with van der Waals surface area (Å²) in [6, 6.07) is 0.267. The molecule has 1 aromatic heterocycles. The standard InChI is InChI=1S/C11H17ClN4O/c1-7-6-17-8(2)5-16(7)10-9(12)4-14-11(13-3)15-10/h4,7-8H,5-6H2,1-3H3,(H,13,14,15). The van der Waals surface area contributed by atoms with E-state index in [-0.39, 0.29) is 12.1 Å². The number of hydrogen-bond donors (Lipinski definition) is 1. The Labute approximate surface area is 106 Å². The third-order valence-electron chi connectivity index (χ3n) is 2.83. The van der Waals surface area contributed by atoms with Gasteiger partial charge in [0.15, 0.2) is 5.82 Å². The Morgan fingerprint density at radius 1 is 1.53 bits per heavy atom. The second-order valence-electron chi connectivity index (χ2n) is 4.26. The van der Waals surface area contributed by atoms with Crippen molar-refractivity contribution in [3.05, 3.63) is 11.2 Å². The van der Waals surface area contributed by atoms with E-state index in [1.807, 2.05) is 6.92 Å². The first-order valence-electron chi connectivity index (χ1n) is 5.70. The lowest BCUT2D eigenvalue weighted by Crippen LogP contribution is -2.48. The van der Waals surface area contributed by atoms with Crippen molar-refractivity contribution in [3.63, 3.8) is 0 Å². The maximum atomic E-state index is 6.16. The van der Waals surface area contributed by atoms with Crippen LogP contribution in [0.2, 0.25) is 5.02 Å². The van der Waals surface area contributed by atoms with Gasteiger partial charge < -0.3 is 15.0 Å². The maximum Gasteiger partial charge on any atom is 0.224 e. The van der Waals surface area contributed by atoms with Crippen molar-refractivity contribution < 1.29 is 4.74 Å². The van der Waals surface area contributed by atoms with Gasteiger partial charge in [0.05, 0.1) is 24.9 Å². The molecule has 1 aliphatic rings. The Hall–Kier alpha value is -1.07. The van der Waals surface area contributed by atoms with Crippen LogP contribution in [0, 0.1) is 0 Å². The van der Waals surface area contributed by atoms with Crippen molar-refractivity contribution in [1.82, 2.24) is 9.97 Å². The van der Waals surface area contributed by atoms with Gasteiger partial charge in [0.25, 0.3) is 0 Å². The van der Waals surface area contributed by atoms with E-state index in [0.29, 0.717) is 17.6 Å². The number of halogens is 1. The molecule has 1 fully saturated rings. The second-order valence-corrected chi connectivity index (χ2v) is 4.67. The molecule has 17 heavy (non-hydrogen) atoms. The van der Waals surface area contributed by atoms with Crippen molar-refractivity contribution in [2.75, 3.05) is 30.4 Å². The molecular formula is C11H17ClN4O. The quantitative estimate of drug-likeness (QED) is 0.874. The van der Waals surface area contributed by atoms with Crippen molar-refractivity contribution in [2.45, 2.75) is 26.0 Å². The highest BCUT2D eigenvalue weighted by molar-refractivity contribution is 6.32. The van der Waals surface area contributed by atoms with E-state index in [1.54, 1.807) is 13.2 Å². The predicted molar refractivity (Wildman–Crippen MR) is 68.8 cm³/mol. The minimum Gasteiger partial charge on any atom is -0.375 e. The zero-order chi connectivity index (χ0) is 12.4. The Bertz CT molecular complexity index is 401. The number of morpholine rings is 1. The highest BCUT2D eigenvalue weighted by atomic mass is 35.5. The van der Waals surface area contributed by atoms with E-state index in [2.05, 4.69) is 27.1 Å². The fourth-order valence-electron chi connectivity index (χ4n) is 1.88. The summed E-state index contributed by atoms with van der Waals surface area (Å²) in [5, 5.41) is 3.49. The van der Waals surface area contributed by atoms with E-state index in [1.165, 1.54) is 0 Å². The van der Waals surface area contributed by atoms with Crippen LogP contribution in [0.1, 0.15) is 13.8 Å². The summed E-state index contributed by atoms with van der Waals surface area (Å²) in [6.07, 6.45) is 1.82. The first kappa shape index (κ1) is 12.4. The molecule has 2 rings (SSSR count). The van der Waals surface area contributed by atoms with Crippen LogP contribution in [-0.2, 0) is 4.74 Å². The molecule has 2 unspecified atom stereocenters. The van der Waals surface area contributed by atoms with Crippen LogP contribution < -0.4 is 10.2 Å². The first-order valence-corrected chi connectivity index (χ1v) is 6.08. The highest BCUT2D eigenvalue weighted by Gasteiger charge is 2.26. The monoisotopic (exact) mass is 256 g/mol. The van der Waals surface area contributed by atoms with Crippen molar-refractivity contribution in [3.8, 4) is 0 Å². The minimum absolute atomic E-state index is 0.190. The summed E-state index contributed by atoms with van der Waals surface area (Å²) < 4.78 is 5.59. The summed E-state index contributed by atoms with van der Waals surface area (Å²) >= 11 is 6.16. The molecule has 1 saturated heterocycles. The third kappa shape index (κ3) is 2.61. The third-order valence-corrected chi connectivity index (χ3v) is 3.10. The number of ether oxygens (including phenoxy) is 1. The van der Waals surface area contributed by atoms with Crippen LogP contribution in [0.5, 0.6) is 0 Å². The van der Waals surface area contributed by atoms with Gasteiger partial charge in [-0.2, -0.15) is 4.98 Å². The van der Waals surface area contributed by atoms with Gasteiger partial charge in [0.1, 0.15) is 5.02 Å². The molecule has 0 aliphatic carbocycles. The number of anilines is 2. The molecular weight excluding hydrogens is 240 g/mol. The maximum absolute atomic E-state index is 6.16. The van der Waals surface area contributed by atoms with E-state index in [0.717, 1.165) is 12.4 Å². The molecule has 0 radical (unpaired) electrons. The van der Waals surface area contributed by atoms with E-state index in [9.17, 15) is 0 Å². The predicted octanol–water partition coefficient (Wildman–Crippen LogP) is 1.79. The largest absolute Gasteiger partial charge is 0.375 e. The van der Waals surface area contributed by atoms with Crippen molar-refractivity contribution >= 4 is 23.4 Å². The van der Waals surface area contributed by atoms with Gasteiger partial charge in [-0.05, 0) is 13.8 Å². The summed E-state index contributed by atoms with van der Waals surface area (Å²) in [5.74, 6) is 1.35. The number of aromatic nitrogens is 2. The van der Waals surface area contributed by atoms with E-state index >= 15 is 0 Å². The smallest absolute Gasteiger partial charge is 0.224 e. The van der Waals surface area contributed by atoms with Gasteiger partial charge in [-0.15, -0.1) is 0 Å². The normalized spacial score (nSPS) is 24.8. The molecule has 1 aliphatic heterocycles. The van der Waals surface area contributed by atoms with Crippen LogP contribution in [-0.4, -0.2) is 42.3 Å². The number of nitrogens with one attached hydrogen (secondary N) is 1. The average molecular weight is 257 g/mol. The fraction of sp³-hybridized carbons (Fsp3) is 0.636. The topological polar surface area (TPSA) is 50.3 Å². The first-order chi connectivity index (χ1) is 8.11. The molecule has 94 valence electrons. The van der Waals surface area contributed by atoms with Crippen LogP contribution in [0.4, 0.5) is 11.8 Å². The number of rotatable bonds is 2. The van der Waals surface area contributed by atoms with Crippen LogP contribution in [0.25, 0.3) is 0 Å². The molecule has 0 amide bonds. The molecule has 1 aromatic rings. The lowest BCUT2D eigenvalue weighted by Gasteiger charge is -2.37. The molecule has 0 spiro atoms. The zero-order valence-electron chi connectivity index (χ0n) is 10.3.